The average Bonchev–Trinajstić information content (AvgIpc) is 2.70. The molecule has 0 unspecified atom stereocenters. The molecule has 0 saturated carbocycles. The van der Waals surface area contributed by atoms with Crippen LogP contribution in [0.2, 0.25) is 0 Å². The van der Waals surface area contributed by atoms with Gasteiger partial charge in [-0.15, -0.1) is 11.3 Å². The molecule has 0 aliphatic heterocycles. The number of hydrogen-bond donors (Lipinski definition) is 0. The Kier molecular flexibility index (Phi) is 2.97. The fourth-order valence-corrected chi connectivity index (χ4v) is 2.61. The summed E-state index contributed by atoms with van der Waals surface area (Å²) in [6.07, 6.45) is 1.85. The zero-order chi connectivity index (χ0) is 10.7. The lowest BCUT2D eigenvalue weighted by molar-refractivity contribution is 1.44. The number of thiophene rings is 1. The maximum Gasteiger partial charge on any atom is 0.0888 e. The minimum Gasteiger partial charge on any atom is -0.255 e. The summed E-state index contributed by atoms with van der Waals surface area (Å²) < 4.78 is 2.58. The van der Waals surface area contributed by atoms with E-state index in [-0.39, 0.29) is 0 Å². The second kappa shape index (κ2) is 4.41. The monoisotopic (exact) mass is 215 g/mol. The number of fused-ring (bicyclic) bond motifs is 3. The SMILES string of the molecule is CC.c1ccc2c(c1)sc1cccnc12. The predicted octanol–water partition coefficient (Wildman–Crippen LogP) is 4.48. The molecule has 1 nitrogen and oxygen atoms in total. The number of aromatic nitrogens is 1. The molecular formula is C13H13NS. The third kappa shape index (κ3) is 1.73. The van der Waals surface area contributed by atoms with Gasteiger partial charge in [-0.25, -0.2) is 0 Å². The van der Waals surface area contributed by atoms with Crippen LogP contribution < -0.4 is 0 Å². The van der Waals surface area contributed by atoms with Crippen LogP contribution in [0.4, 0.5) is 0 Å². The Hall–Kier alpha value is -1.41. The maximum atomic E-state index is 4.38. The first-order chi connectivity index (χ1) is 7.45. The Balaban J connectivity index is 0.000000404. The first kappa shape index (κ1) is 10.1. The lowest BCUT2D eigenvalue weighted by Gasteiger charge is -1.87. The van der Waals surface area contributed by atoms with Crippen molar-refractivity contribution in [1.82, 2.24) is 4.98 Å². The fourth-order valence-electron chi connectivity index (χ4n) is 1.54. The van der Waals surface area contributed by atoms with Gasteiger partial charge >= 0.3 is 0 Å². The Morgan fingerprint density at radius 3 is 2.53 bits per heavy atom. The summed E-state index contributed by atoms with van der Waals surface area (Å²) in [4.78, 5) is 4.38. The highest BCUT2D eigenvalue weighted by Gasteiger charge is 2.02. The van der Waals surface area contributed by atoms with Gasteiger partial charge in [-0.05, 0) is 18.2 Å². The number of nitrogens with zero attached hydrogens (tertiary/aromatic N) is 1. The van der Waals surface area contributed by atoms with Crippen LogP contribution in [0.3, 0.4) is 0 Å². The highest BCUT2D eigenvalue weighted by atomic mass is 32.1. The molecule has 3 aromatic rings. The quantitative estimate of drug-likeness (QED) is 0.539. The van der Waals surface area contributed by atoms with Gasteiger partial charge in [-0.2, -0.15) is 0 Å². The third-order valence-corrected chi connectivity index (χ3v) is 3.26. The van der Waals surface area contributed by atoms with Crippen LogP contribution >= 0.6 is 11.3 Å². The molecule has 2 heterocycles. The normalized spacial score (nSPS) is 10.0. The lowest BCUT2D eigenvalue weighted by Crippen LogP contribution is -1.69. The van der Waals surface area contributed by atoms with Crippen molar-refractivity contribution in [2.45, 2.75) is 13.8 Å². The van der Waals surface area contributed by atoms with E-state index in [9.17, 15) is 0 Å². The van der Waals surface area contributed by atoms with Crippen LogP contribution in [-0.2, 0) is 0 Å². The molecule has 0 amide bonds. The second-order valence-corrected chi connectivity index (χ2v) is 4.03. The van der Waals surface area contributed by atoms with Gasteiger partial charge in [0.05, 0.1) is 10.2 Å². The van der Waals surface area contributed by atoms with E-state index in [1.54, 1.807) is 11.3 Å². The van der Waals surface area contributed by atoms with E-state index in [0.717, 1.165) is 5.52 Å². The van der Waals surface area contributed by atoms with Crippen LogP contribution in [0, 0.1) is 0 Å². The molecule has 15 heavy (non-hydrogen) atoms. The molecule has 0 N–H and O–H groups in total. The zero-order valence-corrected chi connectivity index (χ0v) is 9.71. The first-order valence-corrected chi connectivity index (χ1v) is 5.99. The number of pyridine rings is 1. The van der Waals surface area contributed by atoms with Crippen molar-refractivity contribution in [3.63, 3.8) is 0 Å². The first-order valence-electron chi connectivity index (χ1n) is 5.17. The van der Waals surface area contributed by atoms with Crippen molar-refractivity contribution in [2.75, 3.05) is 0 Å². The fraction of sp³-hybridized carbons (Fsp3) is 0.154. The molecule has 0 radical (unpaired) electrons. The topological polar surface area (TPSA) is 12.9 Å². The van der Waals surface area contributed by atoms with Crippen molar-refractivity contribution < 1.29 is 0 Å². The van der Waals surface area contributed by atoms with E-state index in [1.807, 2.05) is 26.1 Å². The zero-order valence-electron chi connectivity index (χ0n) is 8.90. The molecular weight excluding hydrogens is 202 g/mol. The Morgan fingerprint density at radius 2 is 1.67 bits per heavy atom. The molecule has 76 valence electrons. The highest BCUT2D eigenvalue weighted by Crippen LogP contribution is 2.31. The van der Waals surface area contributed by atoms with E-state index in [0.29, 0.717) is 0 Å². The molecule has 0 spiro atoms. The lowest BCUT2D eigenvalue weighted by atomic mass is 10.2. The molecule has 0 fully saturated rings. The Bertz CT molecular complexity index is 518. The van der Waals surface area contributed by atoms with Gasteiger partial charge in [0, 0.05) is 16.3 Å². The number of rotatable bonds is 0. The molecule has 0 aliphatic rings. The summed E-state index contributed by atoms with van der Waals surface area (Å²) in [5.41, 5.74) is 1.13. The Labute approximate surface area is 93.4 Å². The molecule has 1 aromatic carbocycles. The van der Waals surface area contributed by atoms with Gasteiger partial charge in [0.2, 0.25) is 0 Å². The van der Waals surface area contributed by atoms with Crippen LogP contribution in [-0.4, -0.2) is 4.98 Å². The molecule has 0 bridgehead atoms. The molecule has 0 atom stereocenters. The van der Waals surface area contributed by atoms with Gasteiger partial charge in [0.15, 0.2) is 0 Å². The van der Waals surface area contributed by atoms with Gasteiger partial charge in [0.25, 0.3) is 0 Å². The number of hydrogen-bond acceptors (Lipinski definition) is 2. The van der Waals surface area contributed by atoms with E-state index in [4.69, 9.17) is 0 Å². The summed E-state index contributed by atoms with van der Waals surface area (Å²) in [6, 6.07) is 12.5. The largest absolute Gasteiger partial charge is 0.255 e. The molecule has 2 heteroatoms. The van der Waals surface area contributed by atoms with Gasteiger partial charge in [-0.1, -0.05) is 32.0 Å². The summed E-state index contributed by atoms with van der Waals surface area (Å²) >= 11 is 1.80. The van der Waals surface area contributed by atoms with Gasteiger partial charge in [-0.3, -0.25) is 4.98 Å². The van der Waals surface area contributed by atoms with Gasteiger partial charge < -0.3 is 0 Å². The molecule has 0 aliphatic carbocycles. The molecule has 2 aromatic heterocycles. The van der Waals surface area contributed by atoms with E-state index in [2.05, 4.69) is 35.3 Å². The molecule has 3 rings (SSSR count). The van der Waals surface area contributed by atoms with E-state index >= 15 is 0 Å². The smallest absolute Gasteiger partial charge is 0.0888 e. The highest BCUT2D eigenvalue weighted by molar-refractivity contribution is 7.25. The Morgan fingerprint density at radius 1 is 0.933 bits per heavy atom. The van der Waals surface area contributed by atoms with Crippen LogP contribution in [0.5, 0.6) is 0 Å². The summed E-state index contributed by atoms with van der Waals surface area (Å²) in [5.74, 6) is 0. The van der Waals surface area contributed by atoms with E-state index in [1.165, 1.54) is 14.8 Å². The third-order valence-electron chi connectivity index (χ3n) is 2.13. The van der Waals surface area contributed by atoms with Crippen molar-refractivity contribution >= 4 is 31.6 Å². The van der Waals surface area contributed by atoms with Crippen LogP contribution in [0.15, 0.2) is 42.6 Å². The van der Waals surface area contributed by atoms with Crippen molar-refractivity contribution in [3.05, 3.63) is 42.6 Å². The van der Waals surface area contributed by atoms with Crippen molar-refractivity contribution in [3.8, 4) is 0 Å². The minimum absolute atomic E-state index is 1.13. The predicted molar refractivity (Wildman–Crippen MR) is 68.5 cm³/mol. The summed E-state index contributed by atoms with van der Waals surface area (Å²) in [5, 5.41) is 1.27. The summed E-state index contributed by atoms with van der Waals surface area (Å²) in [7, 11) is 0. The molecule has 0 saturated heterocycles. The van der Waals surface area contributed by atoms with Crippen molar-refractivity contribution in [1.29, 1.82) is 0 Å². The van der Waals surface area contributed by atoms with Crippen LogP contribution in [0.1, 0.15) is 13.8 Å². The van der Waals surface area contributed by atoms with Crippen molar-refractivity contribution in [2.24, 2.45) is 0 Å². The van der Waals surface area contributed by atoms with Gasteiger partial charge in [0.1, 0.15) is 0 Å². The van der Waals surface area contributed by atoms with E-state index < -0.39 is 0 Å². The standard InChI is InChI=1S/C11H7NS.C2H6/c1-2-5-9-8(4-1)11-10(13-9)6-3-7-12-11;1-2/h1-7H;1-2H3. The summed E-state index contributed by atoms with van der Waals surface area (Å²) in [6.45, 7) is 4.00. The average molecular weight is 215 g/mol. The second-order valence-electron chi connectivity index (χ2n) is 2.95. The van der Waals surface area contributed by atoms with Crippen LogP contribution in [0.25, 0.3) is 20.3 Å². The maximum absolute atomic E-state index is 4.38. The minimum atomic E-state index is 1.13. The number of benzene rings is 1.